The SMILES string of the molecule is CNS(=O)(=O)c1ccc(Oc2ccc(C(F)(F)F)cc2)c(-c2nc(C)n3c2COCC3)c1. The number of aryl methyl sites for hydroxylation is 1. The maximum atomic E-state index is 12.9. The van der Waals surface area contributed by atoms with Crippen LogP contribution in [0.5, 0.6) is 11.5 Å². The van der Waals surface area contributed by atoms with Gasteiger partial charge in [0.05, 0.1) is 35.1 Å². The summed E-state index contributed by atoms with van der Waals surface area (Å²) >= 11 is 0. The number of fused-ring (bicyclic) bond motifs is 1. The number of nitrogens with one attached hydrogen (secondary N) is 1. The van der Waals surface area contributed by atoms with Gasteiger partial charge in [0.1, 0.15) is 17.3 Å². The molecule has 4 rings (SSSR count). The van der Waals surface area contributed by atoms with Crippen LogP contribution in [0, 0.1) is 6.92 Å². The molecule has 2 heterocycles. The first kappa shape index (κ1) is 22.3. The van der Waals surface area contributed by atoms with E-state index in [1.165, 1.54) is 37.4 Å². The van der Waals surface area contributed by atoms with Gasteiger partial charge < -0.3 is 14.0 Å². The predicted octanol–water partition coefficient (Wildman–Crippen LogP) is 4.11. The second-order valence-corrected chi connectivity index (χ2v) is 9.03. The lowest BCUT2D eigenvalue weighted by Gasteiger charge is -2.18. The van der Waals surface area contributed by atoms with E-state index in [0.29, 0.717) is 31.0 Å². The number of imidazole rings is 1. The number of sulfonamides is 1. The number of aromatic nitrogens is 2. The molecule has 0 spiro atoms. The number of halogens is 3. The van der Waals surface area contributed by atoms with Gasteiger partial charge in [0, 0.05) is 12.1 Å². The first-order valence-electron chi connectivity index (χ1n) is 9.67. The van der Waals surface area contributed by atoms with Crippen LogP contribution in [0.2, 0.25) is 0 Å². The third-order valence-electron chi connectivity index (χ3n) is 5.16. The van der Waals surface area contributed by atoms with E-state index in [1.807, 2.05) is 11.5 Å². The second kappa shape index (κ2) is 8.23. The summed E-state index contributed by atoms with van der Waals surface area (Å²) in [6.45, 7) is 3.27. The van der Waals surface area contributed by atoms with E-state index in [4.69, 9.17) is 9.47 Å². The maximum absolute atomic E-state index is 12.9. The number of hydrogen-bond donors (Lipinski definition) is 1. The zero-order chi connectivity index (χ0) is 23.1. The fourth-order valence-corrected chi connectivity index (χ4v) is 4.26. The molecule has 0 saturated carbocycles. The monoisotopic (exact) mass is 467 g/mol. The van der Waals surface area contributed by atoms with Gasteiger partial charge in [-0.25, -0.2) is 18.1 Å². The highest BCUT2D eigenvalue weighted by Gasteiger charge is 2.30. The molecule has 1 aromatic heterocycles. The molecule has 0 aliphatic carbocycles. The summed E-state index contributed by atoms with van der Waals surface area (Å²) in [5, 5.41) is 0. The van der Waals surface area contributed by atoms with Crippen LogP contribution in [0.25, 0.3) is 11.3 Å². The Labute approximate surface area is 182 Å². The first-order chi connectivity index (χ1) is 15.1. The summed E-state index contributed by atoms with van der Waals surface area (Å²) in [5.41, 5.74) is 0.863. The summed E-state index contributed by atoms with van der Waals surface area (Å²) in [6.07, 6.45) is -4.46. The van der Waals surface area contributed by atoms with E-state index in [9.17, 15) is 21.6 Å². The van der Waals surface area contributed by atoms with Gasteiger partial charge in [0.25, 0.3) is 0 Å². The van der Waals surface area contributed by atoms with Crippen molar-refractivity contribution in [2.45, 2.75) is 31.1 Å². The highest BCUT2D eigenvalue weighted by molar-refractivity contribution is 7.89. The van der Waals surface area contributed by atoms with Crippen LogP contribution in [-0.2, 0) is 34.1 Å². The molecule has 7 nitrogen and oxygen atoms in total. The highest BCUT2D eigenvalue weighted by atomic mass is 32.2. The molecule has 0 radical (unpaired) electrons. The Morgan fingerprint density at radius 3 is 2.53 bits per heavy atom. The molecule has 1 N–H and O–H groups in total. The summed E-state index contributed by atoms with van der Waals surface area (Å²) < 4.78 is 79.0. The second-order valence-electron chi connectivity index (χ2n) is 7.15. The van der Waals surface area contributed by atoms with Crippen molar-refractivity contribution in [3.05, 3.63) is 59.5 Å². The molecular weight excluding hydrogens is 447 g/mol. The van der Waals surface area contributed by atoms with Gasteiger partial charge in [-0.2, -0.15) is 13.2 Å². The molecule has 0 bridgehead atoms. The van der Waals surface area contributed by atoms with Gasteiger partial charge in [-0.15, -0.1) is 0 Å². The van der Waals surface area contributed by atoms with Gasteiger partial charge in [0.15, 0.2) is 0 Å². The molecule has 1 aliphatic heterocycles. The number of ether oxygens (including phenoxy) is 2. The van der Waals surface area contributed by atoms with Crippen LogP contribution in [-0.4, -0.2) is 31.6 Å². The minimum atomic E-state index is -4.46. The molecule has 11 heteroatoms. The minimum absolute atomic E-state index is 0.00546. The van der Waals surface area contributed by atoms with Gasteiger partial charge in [-0.05, 0) is 56.4 Å². The molecule has 3 aromatic rings. The van der Waals surface area contributed by atoms with E-state index in [1.54, 1.807) is 0 Å². The Morgan fingerprint density at radius 1 is 1.16 bits per heavy atom. The topological polar surface area (TPSA) is 82.5 Å². The Bertz CT molecular complexity index is 1250. The van der Waals surface area contributed by atoms with E-state index in [0.717, 1.165) is 23.7 Å². The van der Waals surface area contributed by atoms with Gasteiger partial charge >= 0.3 is 6.18 Å². The number of nitrogens with zero attached hydrogens (tertiary/aromatic N) is 2. The lowest BCUT2D eigenvalue weighted by atomic mass is 10.1. The zero-order valence-corrected chi connectivity index (χ0v) is 18.0. The molecule has 32 heavy (non-hydrogen) atoms. The lowest BCUT2D eigenvalue weighted by molar-refractivity contribution is -0.137. The van der Waals surface area contributed by atoms with Crippen molar-refractivity contribution in [2.24, 2.45) is 0 Å². The van der Waals surface area contributed by atoms with Gasteiger partial charge in [-0.3, -0.25) is 0 Å². The van der Waals surface area contributed by atoms with E-state index < -0.39 is 21.8 Å². The third-order valence-corrected chi connectivity index (χ3v) is 6.57. The fourth-order valence-electron chi connectivity index (χ4n) is 3.50. The van der Waals surface area contributed by atoms with Crippen molar-refractivity contribution < 1.29 is 31.1 Å². The molecule has 0 unspecified atom stereocenters. The molecule has 170 valence electrons. The molecule has 0 saturated heterocycles. The van der Waals surface area contributed by atoms with Crippen LogP contribution in [0.1, 0.15) is 17.1 Å². The van der Waals surface area contributed by atoms with Crippen LogP contribution >= 0.6 is 0 Å². The van der Waals surface area contributed by atoms with Crippen molar-refractivity contribution >= 4 is 10.0 Å². The van der Waals surface area contributed by atoms with E-state index in [-0.39, 0.29) is 16.4 Å². The number of rotatable bonds is 5. The molecule has 0 amide bonds. The van der Waals surface area contributed by atoms with E-state index >= 15 is 0 Å². The third kappa shape index (κ3) is 4.23. The number of benzene rings is 2. The number of hydrogen-bond acceptors (Lipinski definition) is 5. The summed E-state index contributed by atoms with van der Waals surface area (Å²) in [4.78, 5) is 4.60. The normalized spacial score (nSPS) is 14.3. The lowest BCUT2D eigenvalue weighted by Crippen LogP contribution is -2.19. The van der Waals surface area contributed by atoms with Crippen molar-refractivity contribution in [3.8, 4) is 22.8 Å². The fraction of sp³-hybridized carbons (Fsp3) is 0.286. The molecule has 2 aromatic carbocycles. The molecule has 0 fully saturated rings. The van der Waals surface area contributed by atoms with Crippen LogP contribution in [0.15, 0.2) is 47.4 Å². The minimum Gasteiger partial charge on any atom is -0.457 e. The smallest absolute Gasteiger partial charge is 0.416 e. The quantitative estimate of drug-likeness (QED) is 0.611. The van der Waals surface area contributed by atoms with Crippen molar-refractivity contribution in [1.29, 1.82) is 0 Å². The Morgan fingerprint density at radius 2 is 1.88 bits per heavy atom. The van der Waals surface area contributed by atoms with Gasteiger partial charge in [-0.1, -0.05) is 0 Å². The average molecular weight is 467 g/mol. The predicted molar refractivity (Wildman–Crippen MR) is 110 cm³/mol. The standard InChI is InChI=1S/C21H20F3N3O4S/c1-13-26-20(18-12-30-10-9-27(13)18)17-11-16(32(28,29)25-2)7-8-19(17)31-15-5-3-14(4-6-15)21(22,23)24/h3-8,11,25H,9-10,12H2,1-2H3. The van der Waals surface area contributed by atoms with Crippen LogP contribution in [0.4, 0.5) is 13.2 Å². The van der Waals surface area contributed by atoms with E-state index in [2.05, 4.69) is 9.71 Å². The van der Waals surface area contributed by atoms with Crippen molar-refractivity contribution in [2.75, 3.05) is 13.7 Å². The number of alkyl halides is 3. The van der Waals surface area contributed by atoms with Gasteiger partial charge in [0.2, 0.25) is 10.0 Å². The van der Waals surface area contributed by atoms with Crippen LogP contribution in [0.3, 0.4) is 0 Å². The van der Waals surface area contributed by atoms with Crippen LogP contribution < -0.4 is 9.46 Å². The maximum Gasteiger partial charge on any atom is 0.416 e. The Balaban J connectivity index is 1.81. The zero-order valence-electron chi connectivity index (χ0n) is 17.2. The summed E-state index contributed by atoms with van der Waals surface area (Å²) in [7, 11) is -2.45. The molecule has 1 aliphatic rings. The van der Waals surface area contributed by atoms with Crippen molar-refractivity contribution in [3.63, 3.8) is 0 Å². The molecule has 0 atom stereocenters. The Hall–Kier alpha value is -2.89. The Kier molecular flexibility index (Phi) is 5.74. The summed E-state index contributed by atoms with van der Waals surface area (Å²) in [6, 6.07) is 8.52. The first-order valence-corrected chi connectivity index (χ1v) is 11.2. The molecular formula is C21H20F3N3O4S. The van der Waals surface area contributed by atoms with Crippen molar-refractivity contribution in [1.82, 2.24) is 14.3 Å². The summed E-state index contributed by atoms with van der Waals surface area (Å²) in [5.74, 6) is 1.16. The highest BCUT2D eigenvalue weighted by Crippen LogP contribution is 2.38. The largest absolute Gasteiger partial charge is 0.457 e. The average Bonchev–Trinajstić information content (AvgIpc) is 3.10.